The van der Waals surface area contributed by atoms with Crippen LogP contribution in [-0.2, 0) is 11.3 Å². The number of hydrogen-bond acceptors (Lipinski definition) is 4. The Kier molecular flexibility index (Phi) is 6.61. The number of ether oxygens (including phenoxy) is 1. The Balaban J connectivity index is 1.66. The van der Waals surface area contributed by atoms with Crippen molar-refractivity contribution in [2.75, 3.05) is 11.9 Å². The monoisotopic (exact) mass is 504 g/mol. The number of halogens is 3. The molecular formula is C24H23Cl3N4O2. The summed E-state index contributed by atoms with van der Waals surface area (Å²) in [5.41, 5.74) is 2.30. The third-order valence-electron chi connectivity index (χ3n) is 4.91. The molecule has 0 aliphatic carbocycles. The highest BCUT2D eigenvalue weighted by Gasteiger charge is 2.16. The fourth-order valence-electron chi connectivity index (χ4n) is 3.60. The van der Waals surface area contributed by atoms with E-state index in [0.717, 1.165) is 27.5 Å². The highest BCUT2D eigenvalue weighted by Crippen LogP contribution is 2.33. The van der Waals surface area contributed by atoms with Crippen LogP contribution < -0.4 is 10.6 Å². The van der Waals surface area contributed by atoms with E-state index >= 15 is 0 Å². The molecule has 2 aromatic carbocycles. The number of fused-ring (bicyclic) bond motifs is 3. The topological polar surface area (TPSA) is 68.2 Å². The minimum absolute atomic E-state index is 0.396. The summed E-state index contributed by atoms with van der Waals surface area (Å²) in [6.07, 6.45) is 1.06. The Morgan fingerprint density at radius 1 is 1.00 bits per heavy atom. The van der Waals surface area contributed by atoms with Gasteiger partial charge in [-0.2, -0.15) is 0 Å². The number of pyridine rings is 1. The molecule has 1 amide bonds. The number of carbonyl (C=O) groups is 1. The maximum atomic E-state index is 12.1. The predicted molar refractivity (Wildman–Crippen MR) is 136 cm³/mol. The van der Waals surface area contributed by atoms with Crippen LogP contribution in [0.2, 0.25) is 15.1 Å². The number of nitrogens with zero attached hydrogens (tertiary/aromatic N) is 2. The average Bonchev–Trinajstić information content (AvgIpc) is 3.02. The van der Waals surface area contributed by atoms with Gasteiger partial charge in [0.15, 0.2) is 0 Å². The van der Waals surface area contributed by atoms with E-state index in [9.17, 15) is 4.79 Å². The fraction of sp³-hybridized carbons (Fsp3) is 0.250. The first-order valence-corrected chi connectivity index (χ1v) is 11.5. The van der Waals surface area contributed by atoms with E-state index < -0.39 is 11.7 Å². The molecule has 0 fully saturated rings. The van der Waals surface area contributed by atoms with Crippen LogP contribution >= 0.6 is 34.8 Å². The minimum Gasteiger partial charge on any atom is -0.444 e. The van der Waals surface area contributed by atoms with Gasteiger partial charge in [0.1, 0.15) is 11.4 Å². The molecule has 0 bridgehead atoms. The van der Waals surface area contributed by atoms with Gasteiger partial charge in [-0.3, -0.25) is 0 Å². The normalized spacial score (nSPS) is 11.7. The fourth-order valence-corrected chi connectivity index (χ4v) is 4.03. The van der Waals surface area contributed by atoms with Crippen LogP contribution in [0.25, 0.3) is 21.8 Å². The van der Waals surface area contributed by atoms with E-state index in [-0.39, 0.29) is 0 Å². The predicted octanol–water partition coefficient (Wildman–Crippen LogP) is 7.42. The number of nitrogens with one attached hydrogen (secondary N) is 2. The number of aromatic nitrogens is 2. The van der Waals surface area contributed by atoms with Gasteiger partial charge in [-0.1, -0.05) is 40.9 Å². The summed E-state index contributed by atoms with van der Waals surface area (Å²) in [4.78, 5) is 16.3. The first-order valence-electron chi connectivity index (χ1n) is 10.4. The van der Waals surface area contributed by atoms with Crippen molar-refractivity contribution in [3.8, 4) is 0 Å². The second kappa shape index (κ2) is 9.29. The third-order valence-corrected chi connectivity index (χ3v) is 5.86. The van der Waals surface area contributed by atoms with Crippen molar-refractivity contribution in [1.82, 2.24) is 14.9 Å². The Labute approximate surface area is 206 Å². The summed E-state index contributed by atoms with van der Waals surface area (Å²) in [7, 11) is 0. The van der Waals surface area contributed by atoms with Crippen LogP contribution in [0, 0.1) is 0 Å². The van der Waals surface area contributed by atoms with Gasteiger partial charge in [-0.25, -0.2) is 9.78 Å². The van der Waals surface area contributed by atoms with Crippen LogP contribution in [0.4, 0.5) is 16.3 Å². The van der Waals surface area contributed by atoms with Gasteiger partial charge in [0, 0.05) is 52.4 Å². The van der Waals surface area contributed by atoms with Crippen LogP contribution in [0.5, 0.6) is 0 Å². The van der Waals surface area contributed by atoms with Gasteiger partial charge < -0.3 is 19.9 Å². The number of anilines is 2. The zero-order valence-electron chi connectivity index (χ0n) is 18.4. The number of alkyl carbamates (subject to hydrolysis) is 1. The van der Waals surface area contributed by atoms with E-state index in [0.29, 0.717) is 34.0 Å². The molecule has 0 saturated heterocycles. The second-order valence-corrected chi connectivity index (χ2v) is 9.83. The molecule has 0 aliphatic rings. The highest BCUT2D eigenvalue weighted by molar-refractivity contribution is 6.42. The first kappa shape index (κ1) is 23.5. The van der Waals surface area contributed by atoms with Crippen LogP contribution in [0.3, 0.4) is 0 Å². The minimum atomic E-state index is -0.549. The van der Waals surface area contributed by atoms with Crippen LogP contribution in [-0.4, -0.2) is 27.8 Å². The lowest BCUT2D eigenvalue weighted by Gasteiger charge is -2.20. The number of amides is 1. The standard InChI is InChI=1S/C24H23Cl3N4O2/c1-24(2,3)33-23(32)28-8-9-31-20-7-4-14(25)10-17(20)16-6-5-15(11-21(16)31)30-22-12-18(26)19(27)13-29-22/h4-7,10-13H,8-9H2,1-3H3,(H,28,32)(H,29,30). The van der Waals surface area contributed by atoms with Crippen molar-refractivity contribution in [2.24, 2.45) is 0 Å². The molecule has 4 aromatic rings. The molecule has 2 N–H and O–H groups in total. The molecule has 6 nitrogen and oxygen atoms in total. The molecule has 33 heavy (non-hydrogen) atoms. The molecule has 2 heterocycles. The van der Waals surface area contributed by atoms with Gasteiger partial charge in [0.05, 0.1) is 15.6 Å². The lowest BCUT2D eigenvalue weighted by atomic mass is 10.1. The summed E-state index contributed by atoms with van der Waals surface area (Å²) in [6, 6.07) is 13.5. The molecular weight excluding hydrogens is 483 g/mol. The molecule has 9 heteroatoms. The van der Waals surface area contributed by atoms with E-state index in [4.69, 9.17) is 39.5 Å². The maximum Gasteiger partial charge on any atom is 0.407 e. The van der Waals surface area contributed by atoms with Crippen molar-refractivity contribution >= 4 is 74.2 Å². The Bertz CT molecular complexity index is 1350. The molecule has 0 aliphatic heterocycles. The maximum absolute atomic E-state index is 12.1. The van der Waals surface area contributed by atoms with Crippen molar-refractivity contribution < 1.29 is 9.53 Å². The summed E-state index contributed by atoms with van der Waals surface area (Å²) in [5, 5.41) is 9.66. The van der Waals surface area contributed by atoms with Gasteiger partial charge in [-0.05, 0) is 51.1 Å². The van der Waals surface area contributed by atoms with Gasteiger partial charge >= 0.3 is 6.09 Å². The summed E-state index contributed by atoms with van der Waals surface area (Å²) in [5.74, 6) is 0.584. The first-order chi connectivity index (χ1) is 15.6. The zero-order chi connectivity index (χ0) is 23.8. The van der Waals surface area contributed by atoms with Crippen molar-refractivity contribution in [2.45, 2.75) is 32.9 Å². The Hall–Kier alpha value is -2.67. The van der Waals surface area contributed by atoms with E-state index in [1.54, 1.807) is 6.07 Å². The van der Waals surface area contributed by atoms with Crippen LogP contribution in [0.1, 0.15) is 20.8 Å². The molecule has 0 spiro atoms. The third kappa shape index (κ3) is 5.46. The van der Waals surface area contributed by atoms with Crippen molar-refractivity contribution in [1.29, 1.82) is 0 Å². The molecule has 0 unspecified atom stereocenters. The molecule has 172 valence electrons. The Morgan fingerprint density at radius 2 is 1.79 bits per heavy atom. The number of hydrogen-bond donors (Lipinski definition) is 2. The Morgan fingerprint density at radius 3 is 2.52 bits per heavy atom. The molecule has 2 aromatic heterocycles. The SMILES string of the molecule is CC(C)(C)OC(=O)NCCn1c2ccc(Cl)cc2c2ccc(Nc3cc(Cl)c(Cl)cn3)cc21. The molecule has 4 rings (SSSR count). The quantitative estimate of drug-likeness (QED) is 0.296. The number of benzene rings is 2. The van der Waals surface area contributed by atoms with Crippen LogP contribution in [0.15, 0.2) is 48.7 Å². The van der Waals surface area contributed by atoms with E-state index in [1.165, 1.54) is 6.20 Å². The largest absolute Gasteiger partial charge is 0.444 e. The molecule has 0 atom stereocenters. The van der Waals surface area contributed by atoms with Gasteiger partial charge in [0.25, 0.3) is 0 Å². The van der Waals surface area contributed by atoms with Gasteiger partial charge in [-0.15, -0.1) is 0 Å². The smallest absolute Gasteiger partial charge is 0.407 e. The summed E-state index contributed by atoms with van der Waals surface area (Å²) in [6.45, 7) is 6.46. The molecule has 0 radical (unpaired) electrons. The lowest BCUT2D eigenvalue weighted by molar-refractivity contribution is 0.0526. The average molecular weight is 506 g/mol. The van der Waals surface area contributed by atoms with Crippen molar-refractivity contribution in [3.05, 3.63) is 63.7 Å². The van der Waals surface area contributed by atoms with E-state index in [1.807, 2.05) is 57.2 Å². The van der Waals surface area contributed by atoms with E-state index in [2.05, 4.69) is 20.2 Å². The molecule has 0 saturated carbocycles. The summed E-state index contributed by atoms with van der Waals surface area (Å²) >= 11 is 18.4. The van der Waals surface area contributed by atoms with Crippen molar-refractivity contribution in [3.63, 3.8) is 0 Å². The highest BCUT2D eigenvalue weighted by atomic mass is 35.5. The number of rotatable bonds is 5. The zero-order valence-corrected chi connectivity index (χ0v) is 20.6. The number of carbonyl (C=O) groups excluding carboxylic acids is 1. The second-order valence-electron chi connectivity index (χ2n) is 8.58. The van der Waals surface area contributed by atoms with Gasteiger partial charge in [0.2, 0.25) is 0 Å². The lowest BCUT2D eigenvalue weighted by Crippen LogP contribution is -2.34. The summed E-state index contributed by atoms with van der Waals surface area (Å²) < 4.78 is 7.48.